The first-order valence-electron chi connectivity index (χ1n) is 4.73. The summed E-state index contributed by atoms with van der Waals surface area (Å²) in [5.41, 5.74) is 0. The molecule has 13 heavy (non-hydrogen) atoms. The molecule has 1 atom stereocenters. The van der Waals surface area contributed by atoms with Crippen molar-refractivity contribution in [2.45, 2.75) is 57.7 Å². The Morgan fingerprint density at radius 2 is 1.62 bits per heavy atom. The van der Waals surface area contributed by atoms with E-state index in [4.69, 9.17) is 5.11 Å². The number of hydrogen-bond acceptors (Lipinski definition) is 1. The Kier molecular flexibility index (Phi) is 6.12. The van der Waals surface area contributed by atoms with Gasteiger partial charge in [0.15, 0.2) is 0 Å². The van der Waals surface area contributed by atoms with Gasteiger partial charge in [0, 0.05) is 0 Å². The first-order chi connectivity index (χ1) is 5.98. The summed E-state index contributed by atoms with van der Waals surface area (Å²) in [5.74, 6) is 0. The van der Waals surface area contributed by atoms with Gasteiger partial charge in [-0.25, -0.2) is 0 Å². The van der Waals surface area contributed by atoms with Crippen molar-refractivity contribution in [3.63, 3.8) is 0 Å². The van der Waals surface area contributed by atoms with E-state index < -0.39 is 12.3 Å². The van der Waals surface area contributed by atoms with Crippen LogP contribution in [-0.2, 0) is 0 Å². The van der Waals surface area contributed by atoms with Gasteiger partial charge in [0.2, 0.25) is 0 Å². The van der Waals surface area contributed by atoms with Gasteiger partial charge in [-0.1, -0.05) is 39.0 Å². The molecule has 0 saturated carbocycles. The van der Waals surface area contributed by atoms with E-state index >= 15 is 0 Å². The molecule has 0 saturated heterocycles. The Balaban J connectivity index is 3.32. The number of aliphatic hydroxyl groups excluding tert-OH is 1. The van der Waals surface area contributed by atoms with Crippen molar-refractivity contribution >= 4 is 0 Å². The maximum atomic E-state index is 11.8. The fraction of sp³-hybridized carbons (Fsp3) is 1.00. The second-order valence-corrected chi connectivity index (χ2v) is 3.26. The van der Waals surface area contributed by atoms with Crippen LogP contribution in [0, 0.1) is 0 Å². The maximum absolute atomic E-state index is 11.8. The number of aliphatic hydroxyl groups is 1. The molecule has 1 nitrogen and oxygen atoms in total. The Hall–Kier alpha value is -0.250. The molecule has 4 heteroatoms. The molecule has 0 heterocycles. The zero-order valence-electron chi connectivity index (χ0n) is 7.90. The molecule has 80 valence electrons. The van der Waals surface area contributed by atoms with Gasteiger partial charge in [-0.3, -0.25) is 0 Å². The lowest BCUT2D eigenvalue weighted by atomic mass is 10.1. The summed E-state index contributed by atoms with van der Waals surface area (Å²) in [6.45, 7) is 2.05. The smallest absolute Gasteiger partial charge is 0.384 e. The summed E-state index contributed by atoms with van der Waals surface area (Å²) in [7, 11) is 0. The number of alkyl halides is 3. The molecule has 0 amide bonds. The molecule has 0 spiro atoms. The second kappa shape index (κ2) is 6.24. The monoisotopic (exact) mass is 198 g/mol. The number of unbranched alkanes of at least 4 members (excludes halogenated alkanes) is 4. The van der Waals surface area contributed by atoms with Crippen LogP contribution in [0.25, 0.3) is 0 Å². The van der Waals surface area contributed by atoms with Crippen molar-refractivity contribution in [3.8, 4) is 0 Å². The van der Waals surface area contributed by atoms with E-state index in [1.54, 1.807) is 0 Å². The molecule has 0 aliphatic carbocycles. The van der Waals surface area contributed by atoms with E-state index in [9.17, 15) is 13.2 Å². The second-order valence-electron chi connectivity index (χ2n) is 3.26. The average Bonchev–Trinajstić information content (AvgIpc) is 2.02. The lowest BCUT2D eigenvalue weighted by molar-refractivity contribution is -0.205. The Bertz CT molecular complexity index is 123. The number of rotatable bonds is 6. The lowest BCUT2D eigenvalue weighted by Crippen LogP contribution is -2.28. The fourth-order valence-electron chi connectivity index (χ4n) is 1.10. The molecule has 0 fully saturated rings. The van der Waals surface area contributed by atoms with Gasteiger partial charge in [-0.2, -0.15) is 13.2 Å². The van der Waals surface area contributed by atoms with Crippen LogP contribution in [0.15, 0.2) is 0 Å². The molecule has 0 aromatic rings. The first-order valence-corrected chi connectivity index (χ1v) is 4.73. The largest absolute Gasteiger partial charge is 0.414 e. The van der Waals surface area contributed by atoms with Crippen LogP contribution in [0.3, 0.4) is 0 Å². The molecular weight excluding hydrogens is 181 g/mol. The normalized spacial score (nSPS) is 14.5. The van der Waals surface area contributed by atoms with Crippen LogP contribution in [0.1, 0.15) is 45.4 Å². The Morgan fingerprint density at radius 1 is 1.08 bits per heavy atom. The molecule has 0 rings (SSSR count). The summed E-state index contributed by atoms with van der Waals surface area (Å²) in [5, 5.41) is 8.62. The van der Waals surface area contributed by atoms with Crippen LogP contribution in [0.4, 0.5) is 13.2 Å². The average molecular weight is 198 g/mol. The van der Waals surface area contributed by atoms with Gasteiger partial charge < -0.3 is 5.11 Å². The SMILES string of the molecule is CCCCCCCC(O)C(F)(F)F. The third-order valence-corrected chi connectivity index (χ3v) is 1.96. The standard InChI is InChI=1S/C9H17F3O/c1-2-3-4-5-6-7-8(13)9(10,11)12/h8,13H,2-7H2,1H3. The number of halogens is 3. The predicted octanol–water partition coefficient (Wildman–Crippen LogP) is 3.27. The van der Waals surface area contributed by atoms with Gasteiger partial charge in [0.25, 0.3) is 0 Å². The van der Waals surface area contributed by atoms with Crippen molar-refractivity contribution in [2.24, 2.45) is 0 Å². The van der Waals surface area contributed by atoms with Crippen molar-refractivity contribution < 1.29 is 18.3 Å². The van der Waals surface area contributed by atoms with Crippen LogP contribution >= 0.6 is 0 Å². The van der Waals surface area contributed by atoms with Crippen molar-refractivity contribution in [3.05, 3.63) is 0 Å². The minimum absolute atomic E-state index is 0.160. The highest BCUT2D eigenvalue weighted by Gasteiger charge is 2.37. The van der Waals surface area contributed by atoms with E-state index in [1.807, 2.05) is 6.92 Å². The summed E-state index contributed by atoms with van der Waals surface area (Å²) in [6, 6.07) is 0. The van der Waals surface area contributed by atoms with Crippen molar-refractivity contribution in [2.75, 3.05) is 0 Å². The van der Waals surface area contributed by atoms with E-state index in [-0.39, 0.29) is 6.42 Å². The molecule has 0 aromatic carbocycles. The van der Waals surface area contributed by atoms with Crippen molar-refractivity contribution in [1.29, 1.82) is 0 Å². The van der Waals surface area contributed by atoms with Gasteiger partial charge in [0.05, 0.1) is 0 Å². The topological polar surface area (TPSA) is 20.2 Å². The molecular formula is C9H17F3O. The molecule has 0 bridgehead atoms. The third-order valence-electron chi connectivity index (χ3n) is 1.96. The predicted molar refractivity (Wildman–Crippen MR) is 45.4 cm³/mol. The highest BCUT2D eigenvalue weighted by Crippen LogP contribution is 2.23. The van der Waals surface area contributed by atoms with Gasteiger partial charge in [0.1, 0.15) is 6.10 Å². The maximum Gasteiger partial charge on any atom is 0.414 e. The summed E-state index contributed by atoms with van der Waals surface area (Å²) < 4.78 is 35.3. The lowest BCUT2D eigenvalue weighted by Gasteiger charge is -2.13. The first kappa shape index (κ1) is 12.8. The molecule has 0 aliphatic heterocycles. The van der Waals surface area contributed by atoms with Crippen LogP contribution in [0.2, 0.25) is 0 Å². The van der Waals surface area contributed by atoms with Crippen LogP contribution in [-0.4, -0.2) is 17.4 Å². The molecule has 1 N–H and O–H groups in total. The summed E-state index contributed by atoms with van der Waals surface area (Å²) >= 11 is 0. The fourth-order valence-corrected chi connectivity index (χ4v) is 1.10. The molecule has 0 aromatic heterocycles. The quantitative estimate of drug-likeness (QED) is 0.649. The van der Waals surface area contributed by atoms with Gasteiger partial charge in [-0.15, -0.1) is 0 Å². The van der Waals surface area contributed by atoms with E-state index in [0.29, 0.717) is 6.42 Å². The summed E-state index contributed by atoms with van der Waals surface area (Å²) in [6.07, 6.45) is -2.40. The zero-order chi connectivity index (χ0) is 10.3. The molecule has 0 radical (unpaired) electrons. The Labute approximate surface area is 76.9 Å². The number of hydrogen-bond donors (Lipinski definition) is 1. The summed E-state index contributed by atoms with van der Waals surface area (Å²) in [4.78, 5) is 0. The third kappa shape index (κ3) is 6.87. The molecule has 0 aliphatic rings. The minimum atomic E-state index is -4.44. The van der Waals surface area contributed by atoms with Crippen LogP contribution in [0.5, 0.6) is 0 Å². The zero-order valence-corrected chi connectivity index (χ0v) is 7.90. The van der Waals surface area contributed by atoms with Gasteiger partial charge in [-0.05, 0) is 6.42 Å². The van der Waals surface area contributed by atoms with E-state index in [0.717, 1.165) is 25.7 Å². The highest BCUT2D eigenvalue weighted by atomic mass is 19.4. The van der Waals surface area contributed by atoms with Gasteiger partial charge >= 0.3 is 6.18 Å². The van der Waals surface area contributed by atoms with Crippen LogP contribution < -0.4 is 0 Å². The van der Waals surface area contributed by atoms with E-state index in [2.05, 4.69) is 0 Å². The minimum Gasteiger partial charge on any atom is -0.384 e. The highest BCUT2D eigenvalue weighted by molar-refractivity contribution is 4.64. The van der Waals surface area contributed by atoms with E-state index in [1.165, 1.54) is 0 Å². The Morgan fingerprint density at radius 3 is 2.08 bits per heavy atom. The van der Waals surface area contributed by atoms with Crippen molar-refractivity contribution in [1.82, 2.24) is 0 Å². The molecule has 1 unspecified atom stereocenters.